The van der Waals surface area contributed by atoms with Gasteiger partial charge in [0.25, 0.3) is 0 Å². The second-order valence-corrected chi connectivity index (χ2v) is 2.06. The van der Waals surface area contributed by atoms with E-state index in [1.807, 2.05) is 0 Å². The highest BCUT2D eigenvalue weighted by molar-refractivity contribution is 6.31. The predicted molar refractivity (Wildman–Crippen MR) is 40.7 cm³/mol. The van der Waals surface area contributed by atoms with Crippen LogP contribution in [0.3, 0.4) is 0 Å². The van der Waals surface area contributed by atoms with Crippen LogP contribution in [0.5, 0.6) is 5.88 Å². The van der Waals surface area contributed by atoms with Crippen LogP contribution in [0.25, 0.3) is 0 Å². The third-order valence-corrected chi connectivity index (χ3v) is 1.20. The van der Waals surface area contributed by atoms with Gasteiger partial charge in [-0.2, -0.15) is 4.98 Å². The molecule has 1 N–H and O–H groups in total. The van der Waals surface area contributed by atoms with E-state index in [-0.39, 0.29) is 10.9 Å². The lowest BCUT2D eigenvalue weighted by atomic mass is 10.6. The molecular formula is C6H5ClN2O2. The van der Waals surface area contributed by atoms with E-state index in [4.69, 9.17) is 16.3 Å². The van der Waals surface area contributed by atoms with E-state index < -0.39 is 5.69 Å². The molecule has 0 aliphatic carbocycles. The van der Waals surface area contributed by atoms with Crippen molar-refractivity contribution in [3.63, 3.8) is 0 Å². The molecule has 11 heavy (non-hydrogen) atoms. The topological polar surface area (TPSA) is 55.0 Å². The zero-order chi connectivity index (χ0) is 8.27. The van der Waals surface area contributed by atoms with Crippen molar-refractivity contribution in [2.75, 3.05) is 0 Å². The van der Waals surface area contributed by atoms with E-state index in [9.17, 15) is 4.79 Å². The van der Waals surface area contributed by atoms with Crippen molar-refractivity contribution in [2.45, 2.75) is 0 Å². The molecule has 4 nitrogen and oxygen atoms in total. The number of rotatable bonds is 2. The second kappa shape index (κ2) is 3.21. The van der Waals surface area contributed by atoms with Crippen molar-refractivity contribution in [3.8, 4) is 5.88 Å². The van der Waals surface area contributed by atoms with Gasteiger partial charge < -0.3 is 4.74 Å². The van der Waals surface area contributed by atoms with Crippen LogP contribution in [0, 0.1) is 0 Å². The average molecular weight is 173 g/mol. The molecule has 0 aliphatic rings. The Bertz CT molecular complexity index is 321. The quantitative estimate of drug-likeness (QED) is 0.676. The first-order chi connectivity index (χ1) is 5.24. The van der Waals surface area contributed by atoms with Gasteiger partial charge in [0.15, 0.2) is 0 Å². The Balaban J connectivity index is 3.12. The van der Waals surface area contributed by atoms with Crippen molar-refractivity contribution < 1.29 is 4.74 Å². The Hall–Kier alpha value is -1.29. The number of hydrogen-bond donors (Lipinski definition) is 1. The van der Waals surface area contributed by atoms with Crippen molar-refractivity contribution in [2.24, 2.45) is 0 Å². The molecule has 0 unspecified atom stereocenters. The van der Waals surface area contributed by atoms with Gasteiger partial charge in [-0.1, -0.05) is 18.2 Å². The number of aromatic nitrogens is 2. The summed E-state index contributed by atoms with van der Waals surface area (Å²) in [6, 6.07) is 0. The molecule has 0 aromatic carbocycles. The average Bonchev–Trinajstić information content (AvgIpc) is 1.98. The summed E-state index contributed by atoms with van der Waals surface area (Å²) < 4.78 is 4.75. The number of ether oxygens (including phenoxy) is 1. The second-order valence-electron chi connectivity index (χ2n) is 1.65. The van der Waals surface area contributed by atoms with Crippen LogP contribution in [-0.2, 0) is 0 Å². The Labute approximate surface area is 67.5 Å². The van der Waals surface area contributed by atoms with E-state index in [1.165, 1.54) is 6.20 Å². The Morgan fingerprint density at radius 1 is 1.82 bits per heavy atom. The van der Waals surface area contributed by atoms with Gasteiger partial charge in [0, 0.05) is 0 Å². The summed E-state index contributed by atoms with van der Waals surface area (Å²) in [5.74, 6) is 0.154. The van der Waals surface area contributed by atoms with Crippen LogP contribution in [0.1, 0.15) is 0 Å². The number of nitrogens with one attached hydrogen (secondary N) is 1. The van der Waals surface area contributed by atoms with Gasteiger partial charge in [-0.25, -0.2) is 4.79 Å². The van der Waals surface area contributed by atoms with Crippen LogP contribution in [0.15, 0.2) is 23.8 Å². The first-order valence-corrected chi connectivity index (χ1v) is 3.14. The number of nitrogens with zero attached hydrogens (tertiary/aromatic N) is 1. The van der Waals surface area contributed by atoms with Gasteiger partial charge in [-0.3, -0.25) is 4.98 Å². The molecule has 0 saturated carbocycles. The van der Waals surface area contributed by atoms with Crippen LogP contribution < -0.4 is 10.4 Å². The highest BCUT2D eigenvalue weighted by atomic mass is 35.5. The predicted octanol–water partition coefficient (Wildman–Crippen LogP) is 0.946. The summed E-state index contributed by atoms with van der Waals surface area (Å²) in [5.41, 5.74) is -0.508. The van der Waals surface area contributed by atoms with E-state index in [2.05, 4.69) is 16.5 Å². The molecule has 0 spiro atoms. The number of H-pyrrole nitrogens is 1. The molecule has 0 amide bonds. The van der Waals surface area contributed by atoms with E-state index in [1.54, 1.807) is 0 Å². The van der Waals surface area contributed by atoms with Gasteiger partial charge >= 0.3 is 5.69 Å². The highest BCUT2D eigenvalue weighted by Gasteiger charge is 1.99. The Kier molecular flexibility index (Phi) is 2.28. The summed E-state index contributed by atoms with van der Waals surface area (Å²) >= 11 is 5.57. The highest BCUT2D eigenvalue weighted by Crippen LogP contribution is 2.17. The first-order valence-electron chi connectivity index (χ1n) is 2.76. The van der Waals surface area contributed by atoms with Crippen molar-refractivity contribution in [1.29, 1.82) is 0 Å². The summed E-state index contributed by atoms with van der Waals surface area (Å²) in [6.07, 6.45) is 2.37. The molecular weight excluding hydrogens is 168 g/mol. The summed E-state index contributed by atoms with van der Waals surface area (Å²) in [7, 11) is 0. The Morgan fingerprint density at radius 2 is 2.55 bits per heavy atom. The van der Waals surface area contributed by atoms with Crippen LogP contribution in [-0.4, -0.2) is 9.97 Å². The number of aromatic amines is 1. The third-order valence-electron chi connectivity index (χ3n) is 0.934. The van der Waals surface area contributed by atoms with Gasteiger partial charge in [0.2, 0.25) is 5.88 Å². The largest absolute Gasteiger partial charge is 0.447 e. The van der Waals surface area contributed by atoms with E-state index in [0.717, 1.165) is 6.26 Å². The summed E-state index contributed by atoms with van der Waals surface area (Å²) in [6.45, 7) is 3.30. The zero-order valence-corrected chi connectivity index (χ0v) is 6.26. The molecule has 1 aromatic rings. The SMILES string of the molecule is C=COc1[nH]c(=O)ncc1Cl. The third kappa shape index (κ3) is 1.81. The smallest absolute Gasteiger partial charge is 0.347 e. The minimum Gasteiger partial charge on any atom is -0.447 e. The maximum atomic E-state index is 10.6. The van der Waals surface area contributed by atoms with Crippen molar-refractivity contribution in [1.82, 2.24) is 9.97 Å². The standard InChI is InChI=1S/C6H5ClN2O2/c1-2-11-5-4(7)3-8-6(10)9-5/h2-3H,1H2,(H,8,9,10). The van der Waals surface area contributed by atoms with Crippen LogP contribution in [0.4, 0.5) is 0 Å². The lowest BCUT2D eigenvalue weighted by Crippen LogP contribution is -2.09. The molecule has 1 heterocycles. The molecule has 0 atom stereocenters. The van der Waals surface area contributed by atoms with Crippen LogP contribution in [0.2, 0.25) is 5.02 Å². The van der Waals surface area contributed by atoms with Crippen LogP contribution >= 0.6 is 11.6 Å². The van der Waals surface area contributed by atoms with E-state index in [0.29, 0.717) is 0 Å². The maximum absolute atomic E-state index is 10.6. The molecule has 5 heteroatoms. The number of halogens is 1. The lowest BCUT2D eigenvalue weighted by molar-refractivity contribution is 0.460. The molecule has 1 rings (SSSR count). The minimum absolute atomic E-state index is 0.154. The van der Waals surface area contributed by atoms with Gasteiger partial charge in [0.1, 0.15) is 5.02 Å². The summed E-state index contributed by atoms with van der Waals surface area (Å²) in [4.78, 5) is 16.2. The van der Waals surface area contributed by atoms with Crippen molar-refractivity contribution in [3.05, 3.63) is 34.5 Å². The molecule has 0 saturated heterocycles. The molecule has 58 valence electrons. The Morgan fingerprint density at radius 3 is 3.18 bits per heavy atom. The summed E-state index contributed by atoms with van der Waals surface area (Å²) in [5, 5.41) is 0.240. The molecule has 1 aromatic heterocycles. The molecule has 0 radical (unpaired) electrons. The van der Waals surface area contributed by atoms with Gasteiger partial charge in [-0.15, -0.1) is 0 Å². The normalized spacial score (nSPS) is 9.18. The fraction of sp³-hybridized carbons (Fsp3) is 0. The zero-order valence-electron chi connectivity index (χ0n) is 5.50. The minimum atomic E-state index is -0.508. The monoisotopic (exact) mass is 172 g/mol. The van der Waals surface area contributed by atoms with Gasteiger partial charge in [-0.05, 0) is 0 Å². The first kappa shape index (κ1) is 7.81. The van der Waals surface area contributed by atoms with Gasteiger partial charge in [0.05, 0.1) is 12.5 Å². The number of hydrogen-bond acceptors (Lipinski definition) is 3. The fourth-order valence-corrected chi connectivity index (χ4v) is 0.673. The molecule has 0 fully saturated rings. The molecule has 0 aliphatic heterocycles. The lowest BCUT2D eigenvalue weighted by Gasteiger charge is -1.98. The maximum Gasteiger partial charge on any atom is 0.347 e. The van der Waals surface area contributed by atoms with Crippen molar-refractivity contribution >= 4 is 11.6 Å². The fourth-order valence-electron chi connectivity index (χ4n) is 0.532. The molecule has 0 bridgehead atoms. The van der Waals surface area contributed by atoms with E-state index >= 15 is 0 Å².